The third-order valence-electron chi connectivity index (χ3n) is 4.15. The third kappa shape index (κ3) is 3.79. The molecule has 20 heavy (non-hydrogen) atoms. The zero-order chi connectivity index (χ0) is 14.4. The van der Waals surface area contributed by atoms with Crippen LogP contribution in [-0.2, 0) is 16.1 Å². The van der Waals surface area contributed by atoms with Gasteiger partial charge >= 0.3 is 0 Å². The molecular formula is C16H26N2O2. The van der Waals surface area contributed by atoms with Crippen molar-refractivity contribution in [3.8, 4) is 0 Å². The van der Waals surface area contributed by atoms with Crippen molar-refractivity contribution in [1.82, 2.24) is 4.90 Å². The van der Waals surface area contributed by atoms with E-state index in [2.05, 4.69) is 29.2 Å². The number of methoxy groups -OCH3 is 2. The van der Waals surface area contributed by atoms with E-state index in [-0.39, 0.29) is 0 Å². The Bertz CT molecular complexity index is 386. The Labute approximate surface area is 121 Å². The summed E-state index contributed by atoms with van der Waals surface area (Å²) in [5, 5.41) is 0. The maximum absolute atomic E-state index is 6.00. The second-order valence-electron chi connectivity index (χ2n) is 5.40. The quantitative estimate of drug-likeness (QED) is 0.864. The average molecular weight is 278 g/mol. The highest BCUT2D eigenvalue weighted by molar-refractivity contribution is 5.25. The summed E-state index contributed by atoms with van der Waals surface area (Å²) in [5.41, 5.74) is 8.50. The molecule has 0 saturated carbocycles. The molecule has 0 amide bonds. The molecule has 4 nitrogen and oxygen atoms in total. The molecule has 0 aromatic heterocycles. The largest absolute Gasteiger partial charge is 0.381 e. The number of nitrogens with two attached hydrogens (primary N) is 1. The van der Waals surface area contributed by atoms with Crippen molar-refractivity contribution in [1.29, 1.82) is 0 Å². The van der Waals surface area contributed by atoms with Crippen LogP contribution in [0.3, 0.4) is 0 Å². The molecule has 1 atom stereocenters. The number of rotatable bonds is 6. The number of piperidine rings is 1. The van der Waals surface area contributed by atoms with Gasteiger partial charge in [0, 0.05) is 39.9 Å². The highest BCUT2D eigenvalue weighted by Gasteiger charge is 2.25. The lowest BCUT2D eigenvalue weighted by Gasteiger charge is -2.37. The Morgan fingerprint density at radius 2 is 1.85 bits per heavy atom. The summed E-state index contributed by atoms with van der Waals surface area (Å²) in [4.78, 5) is 2.47. The lowest BCUT2D eigenvalue weighted by Crippen LogP contribution is -2.41. The number of hydrogen-bond acceptors (Lipinski definition) is 4. The molecular weight excluding hydrogens is 252 g/mol. The van der Waals surface area contributed by atoms with Gasteiger partial charge in [0.15, 0.2) is 0 Å². The minimum absolute atomic E-state index is 0.310. The molecule has 0 radical (unpaired) electrons. The molecule has 4 heteroatoms. The molecule has 0 aliphatic carbocycles. The van der Waals surface area contributed by atoms with Crippen molar-refractivity contribution in [2.75, 3.05) is 33.9 Å². The highest BCUT2D eigenvalue weighted by atomic mass is 16.5. The van der Waals surface area contributed by atoms with Gasteiger partial charge in [-0.05, 0) is 24.0 Å². The van der Waals surface area contributed by atoms with Crippen LogP contribution < -0.4 is 5.73 Å². The molecule has 1 heterocycles. The summed E-state index contributed by atoms with van der Waals surface area (Å²) in [6.45, 7) is 3.43. The normalized spacial score (nSPS) is 19.1. The molecule has 1 aliphatic rings. The zero-order valence-corrected chi connectivity index (χ0v) is 12.5. The summed E-state index contributed by atoms with van der Waals surface area (Å²) in [5.74, 6) is 0. The fourth-order valence-electron chi connectivity index (χ4n) is 2.92. The number of benzene rings is 1. The summed E-state index contributed by atoms with van der Waals surface area (Å²) in [7, 11) is 3.52. The van der Waals surface area contributed by atoms with Crippen molar-refractivity contribution >= 4 is 0 Å². The minimum atomic E-state index is 0.310. The standard InChI is InChI=1S/C16H26N2O2/c1-19-12-13-3-5-14(6-4-13)16(11-17)18-9-7-15(20-2)8-10-18/h3-6,15-16H,7-12,17H2,1-2H3. The predicted molar refractivity (Wildman–Crippen MR) is 80.6 cm³/mol. The third-order valence-corrected chi connectivity index (χ3v) is 4.15. The molecule has 0 spiro atoms. The Balaban J connectivity index is 2.00. The Morgan fingerprint density at radius 1 is 1.20 bits per heavy atom. The molecule has 1 unspecified atom stereocenters. The lowest BCUT2D eigenvalue weighted by molar-refractivity contribution is 0.0280. The molecule has 1 aromatic carbocycles. The summed E-state index contributed by atoms with van der Waals surface area (Å²) in [6, 6.07) is 8.92. The first-order chi connectivity index (χ1) is 9.78. The summed E-state index contributed by atoms with van der Waals surface area (Å²) >= 11 is 0. The van der Waals surface area contributed by atoms with Crippen LogP contribution in [0.15, 0.2) is 24.3 Å². The van der Waals surface area contributed by atoms with E-state index in [1.165, 1.54) is 11.1 Å². The van der Waals surface area contributed by atoms with Crippen LogP contribution in [0.1, 0.15) is 30.0 Å². The first-order valence-corrected chi connectivity index (χ1v) is 7.33. The lowest BCUT2D eigenvalue weighted by atomic mass is 9.99. The van der Waals surface area contributed by atoms with E-state index in [0.29, 0.717) is 25.3 Å². The first kappa shape index (κ1) is 15.4. The van der Waals surface area contributed by atoms with Crippen LogP contribution in [0.2, 0.25) is 0 Å². The van der Waals surface area contributed by atoms with E-state index < -0.39 is 0 Å². The van der Waals surface area contributed by atoms with Gasteiger partial charge in [0.05, 0.1) is 12.7 Å². The Morgan fingerprint density at radius 3 is 2.35 bits per heavy atom. The molecule has 2 rings (SSSR count). The first-order valence-electron chi connectivity index (χ1n) is 7.33. The van der Waals surface area contributed by atoms with Crippen molar-refractivity contribution in [3.05, 3.63) is 35.4 Å². The second-order valence-corrected chi connectivity index (χ2v) is 5.40. The average Bonchev–Trinajstić information content (AvgIpc) is 2.51. The summed E-state index contributed by atoms with van der Waals surface area (Å²) in [6.07, 6.45) is 2.59. The van der Waals surface area contributed by atoms with Crippen molar-refractivity contribution < 1.29 is 9.47 Å². The molecule has 112 valence electrons. The van der Waals surface area contributed by atoms with Crippen molar-refractivity contribution in [2.45, 2.75) is 31.6 Å². The van der Waals surface area contributed by atoms with Crippen LogP contribution in [0.25, 0.3) is 0 Å². The zero-order valence-electron chi connectivity index (χ0n) is 12.5. The SMILES string of the molecule is COCc1ccc(C(CN)N2CCC(OC)CC2)cc1. The fraction of sp³-hybridized carbons (Fsp3) is 0.625. The molecule has 1 fully saturated rings. The monoisotopic (exact) mass is 278 g/mol. The molecule has 0 bridgehead atoms. The second kappa shape index (κ2) is 7.74. The van der Waals surface area contributed by atoms with Gasteiger partial charge in [0.1, 0.15) is 0 Å². The minimum Gasteiger partial charge on any atom is -0.381 e. The Hall–Kier alpha value is -0.940. The predicted octanol–water partition coefficient (Wildman–Crippen LogP) is 1.94. The molecule has 1 saturated heterocycles. The summed E-state index contributed by atoms with van der Waals surface area (Å²) < 4.78 is 10.6. The van der Waals surface area contributed by atoms with Gasteiger partial charge in [0.2, 0.25) is 0 Å². The van der Waals surface area contributed by atoms with Crippen molar-refractivity contribution in [3.63, 3.8) is 0 Å². The van der Waals surface area contributed by atoms with Gasteiger partial charge in [0.25, 0.3) is 0 Å². The highest BCUT2D eigenvalue weighted by Crippen LogP contribution is 2.25. The van der Waals surface area contributed by atoms with Gasteiger partial charge in [-0.15, -0.1) is 0 Å². The van der Waals surface area contributed by atoms with Crippen LogP contribution >= 0.6 is 0 Å². The Kier molecular flexibility index (Phi) is 5.98. The van der Waals surface area contributed by atoms with Crippen LogP contribution in [0, 0.1) is 0 Å². The van der Waals surface area contributed by atoms with Gasteiger partial charge in [-0.1, -0.05) is 24.3 Å². The van der Waals surface area contributed by atoms with E-state index in [1.807, 2.05) is 0 Å². The van der Waals surface area contributed by atoms with Gasteiger partial charge in [-0.25, -0.2) is 0 Å². The van der Waals surface area contributed by atoms with E-state index in [0.717, 1.165) is 25.9 Å². The maximum Gasteiger partial charge on any atom is 0.0713 e. The molecule has 2 N–H and O–H groups in total. The molecule has 1 aliphatic heterocycles. The van der Waals surface area contributed by atoms with E-state index >= 15 is 0 Å². The number of nitrogens with zero attached hydrogens (tertiary/aromatic N) is 1. The number of hydrogen-bond donors (Lipinski definition) is 1. The van der Waals surface area contributed by atoms with Crippen LogP contribution in [0.4, 0.5) is 0 Å². The van der Waals surface area contributed by atoms with E-state index in [9.17, 15) is 0 Å². The molecule has 1 aromatic rings. The van der Waals surface area contributed by atoms with Crippen LogP contribution in [0.5, 0.6) is 0 Å². The number of likely N-dealkylation sites (tertiary alicyclic amines) is 1. The number of ether oxygens (including phenoxy) is 2. The van der Waals surface area contributed by atoms with Gasteiger partial charge in [-0.3, -0.25) is 4.90 Å². The maximum atomic E-state index is 6.00. The van der Waals surface area contributed by atoms with Crippen molar-refractivity contribution in [2.24, 2.45) is 5.73 Å². The van der Waals surface area contributed by atoms with E-state index in [1.54, 1.807) is 14.2 Å². The van der Waals surface area contributed by atoms with Gasteiger partial charge in [-0.2, -0.15) is 0 Å². The topological polar surface area (TPSA) is 47.7 Å². The van der Waals surface area contributed by atoms with E-state index in [4.69, 9.17) is 15.2 Å². The fourth-order valence-corrected chi connectivity index (χ4v) is 2.92. The van der Waals surface area contributed by atoms with Crippen LogP contribution in [-0.4, -0.2) is 44.9 Å². The van der Waals surface area contributed by atoms with Gasteiger partial charge < -0.3 is 15.2 Å². The smallest absolute Gasteiger partial charge is 0.0713 e.